The monoisotopic (exact) mass is 169 g/mol. The van der Waals surface area contributed by atoms with Crippen molar-refractivity contribution in [3.05, 3.63) is 11.3 Å². The third-order valence-corrected chi connectivity index (χ3v) is 2.42. The van der Waals surface area contributed by atoms with Gasteiger partial charge in [-0.3, -0.25) is 4.79 Å². The number of carboxylic acid groups (broad SMARTS) is 1. The SMILES string of the molecule is CCC1=C(C)C(CC(=O)O)CN1. The Bertz CT molecular complexity index is 221. The topological polar surface area (TPSA) is 49.3 Å². The molecule has 0 aromatic rings. The van der Waals surface area contributed by atoms with E-state index >= 15 is 0 Å². The molecular weight excluding hydrogens is 154 g/mol. The van der Waals surface area contributed by atoms with Crippen LogP contribution >= 0.6 is 0 Å². The Morgan fingerprint density at radius 2 is 2.42 bits per heavy atom. The number of allylic oxidation sites excluding steroid dienone is 1. The lowest BCUT2D eigenvalue weighted by atomic mass is 9.98. The smallest absolute Gasteiger partial charge is 0.304 e. The molecule has 0 saturated heterocycles. The first-order valence-electron chi connectivity index (χ1n) is 4.30. The molecule has 1 heterocycles. The van der Waals surface area contributed by atoms with Gasteiger partial charge in [0.25, 0.3) is 0 Å². The van der Waals surface area contributed by atoms with Crippen molar-refractivity contribution in [1.82, 2.24) is 5.32 Å². The number of aliphatic carboxylic acids is 1. The molecule has 0 bridgehead atoms. The van der Waals surface area contributed by atoms with Crippen LogP contribution in [0.25, 0.3) is 0 Å². The van der Waals surface area contributed by atoms with Gasteiger partial charge in [-0.15, -0.1) is 0 Å². The molecule has 1 unspecified atom stereocenters. The Hall–Kier alpha value is -0.990. The molecular formula is C9H15NO2. The predicted octanol–water partition coefficient (Wildman–Crippen LogP) is 1.36. The summed E-state index contributed by atoms with van der Waals surface area (Å²) in [6.45, 7) is 4.89. The molecule has 12 heavy (non-hydrogen) atoms. The lowest BCUT2D eigenvalue weighted by molar-refractivity contribution is -0.137. The van der Waals surface area contributed by atoms with Gasteiger partial charge in [-0.25, -0.2) is 0 Å². The van der Waals surface area contributed by atoms with E-state index in [9.17, 15) is 4.79 Å². The van der Waals surface area contributed by atoms with Crippen LogP contribution in [0, 0.1) is 5.92 Å². The average molecular weight is 169 g/mol. The minimum atomic E-state index is -0.710. The standard InChI is InChI=1S/C9H15NO2/c1-3-8-6(2)7(5-10-8)4-9(11)12/h7,10H,3-5H2,1-2H3,(H,11,12). The van der Waals surface area contributed by atoms with E-state index in [1.165, 1.54) is 11.3 Å². The second-order valence-corrected chi connectivity index (χ2v) is 3.19. The Kier molecular flexibility index (Phi) is 2.74. The summed E-state index contributed by atoms with van der Waals surface area (Å²) in [7, 11) is 0. The highest BCUT2D eigenvalue weighted by atomic mass is 16.4. The second kappa shape index (κ2) is 3.61. The van der Waals surface area contributed by atoms with Crippen LogP contribution in [0.5, 0.6) is 0 Å². The maximum absolute atomic E-state index is 10.4. The fraction of sp³-hybridized carbons (Fsp3) is 0.667. The van der Waals surface area contributed by atoms with E-state index in [2.05, 4.69) is 12.2 Å². The van der Waals surface area contributed by atoms with Crippen molar-refractivity contribution < 1.29 is 9.90 Å². The average Bonchev–Trinajstić information content (AvgIpc) is 2.32. The first-order chi connectivity index (χ1) is 5.65. The number of hydrogen-bond donors (Lipinski definition) is 2. The van der Waals surface area contributed by atoms with Gasteiger partial charge in [-0.1, -0.05) is 6.92 Å². The molecule has 0 fully saturated rings. The van der Waals surface area contributed by atoms with Crippen molar-refractivity contribution >= 4 is 5.97 Å². The van der Waals surface area contributed by atoms with E-state index in [1.54, 1.807) is 0 Å². The second-order valence-electron chi connectivity index (χ2n) is 3.19. The summed E-state index contributed by atoms with van der Waals surface area (Å²) in [6, 6.07) is 0. The molecule has 68 valence electrons. The minimum absolute atomic E-state index is 0.206. The van der Waals surface area contributed by atoms with Gasteiger partial charge >= 0.3 is 5.97 Å². The van der Waals surface area contributed by atoms with Crippen LogP contribution in [0.3, 0.4) is 0 Å². The largest absolute Gasteiger partial charge is 0.481 e. The Morgan fingerprint density at radius 3 is 2.83 bits per heavy atom. The van der Waals surface area contributed by atoms with Crippen LogP contribution in [0.1, 0.15) is 26.7 Å². The first-order valence-corrected chi connectivity index (χ1v) is 4.30. The van der Waals surface area contributed by atoms with Gasteiger partial charge in [0.2, 0.25) is 0 Å². The van der Waals surface area contributed by atoms with Crippen molar-refractivity contribution in [1.29, 1.82) is 0 Å². The Morgan fingerprint density at radius 1 is 1.75 bits per heavy atom. The van der Waals surface area contributed by atoms with Crippen LogP contribution in [-0.2, 0) is 4.79 Å². The number of rotatable bonds is 3. The third-order valence-electron chi connectivity index (χ3n) is 2.42. The summed E-state index contributed by atoms with van der Waals surface area (Å²) < 4.78 is 0. The molecule has 0 radical (unpaired) electrons. The number of hydrogen-bond acceptors (Lipinski definition) is 2. The van der Waals surface area contributed by atoms with Gasteiger partial charge in [-0.2, -0.15) is 0 Å². The quantitative estimate of drug-likeness (QED) is 0.670. The maximum Gasteiger partial charge on any atom is 0.304 e. The van der Waals surface area contributed by atoms with Crippen molar-refractivity contribution in [2.45, 2.75) is 26.7 Å². The van der Waals surface area contributed by atoms with E-state index in [0.717, 1.165) is 13.0 Å². The minimum Gasteiger partial charge on any atom is -0.481 e. The summed E-state index contributed by atoms with van der Waals surface area (Å²) in [6.07, 6.45) is 1.23. The Labute approximate surface area is 72.5 Å². The van der Waals surface area contributed by atoms with Gasteiger partial charge in [0, 0.05) is 18.2 Å². The molecule has 1 rings (SSSR count). The molecule has 1 aliphatic rings. The highest BCUT2D eigenvalue weighted by Gasteiger charge is 2.22. The molecule has 1 atom stereocenters. The maximum atomic E-state index is 10.4. The normalized spacial score (nSPS) is 22.7. The van der Waals surface area contributed by atoms with Gasteiger partial charge in [0.1, 0.15) is 0 Å². The molecule has 0 saturated carbocycles. The highest BCUT2D eigenvalue weighted by Crippen LogP contribution is 2.24. The summed E-state index contributed by atoms with van der Waals surface area (Å²) in [4.78, 5) is 10.4. The van der Waals surface area contributed by atoms with Crippen molar-refractivity contribution in [3.8, 4) is 0 Å². The lowest BCUT2D eigenvalue weighted by Crippen LogP contribution is -2.15. The zero-order chi connectivity index (χ0) is 9.14. The van der Waals surface area contributed by atoms with Crippen LogP contribution in [0.4, 0.5) is 0 Å². The number of nitrogens with one attached hydrogen (secondary N) is 1. The summed E-state index contributed by atoms with van der Waals surface area (Å²) in [5, 5.41) is 11.8. The van der Waals surface area contributed by atoms with E-state index in [-0.39, 0.29) is 12.3 Å². The Balaban J connectivity index is 2.60. The van der Waals surface area contributed by atoms with Crippen molar-refractivity contribution in [2.75, 3.05) is 6.54 Å². The molecule has 0 aromatic carbocycles. The molecule has 0 aromatic heterocycles. The fourth-order valence-electron chi connectivity index (χ4n) is 1.63. The van der Waals surface area contributed by atoms with Crippen LogP contribution < -0.4 is 5.32 Å². The number of carbonyl (C=O) groups is 1. The zero-order valence-corrected chi connectivity index (χ0v) is 7.55. The van der Waals surface area contributed by atoms with Gasteiger partial charge in [-0.05, 0) is 18.9 Å². The van der Waals surface area contributed by atoms with E-state index < -0.39 is 5.97 Å². The number of carboxylic acids is 1. The van der Waals surface area contributed by atoms with Gasteiger partial charge in [0.05, 0.1) is 6.42 Å². The zero-order valence-electron chi connectivity index (χ0n) is 7.55. The molecule has 2 N–H and O–H groups in total. The molecule has 0 aliphatic carbocycles. The molecule has 0 amide bonds. The predicted molar refractivity (Wildman–Crippen MR) is 46.7 cm³/mol. The van der Waals surface area contributed by atoms with Crippen molar-refractivity contribution in [3.63, 3.8) is 0 Å². The highest BCUT2D eigenvalue weighted by molar-refractivity contribution is 5.67. The van der Waals surface area contributed by atoms with E-state index in [0.29, 0.717) is 0 Å². The summed E-state index contributed by atoms with van der Waals surface area (Å²) in [5.41, 5.74) is 2.45. The molecule has 1 aliphatic heterocycles. The third kappa shape index (κ3) is 1.78. The summed E-state index contributed by atoms with van der Waals surface area (Å²) >= 11 is 0. The van der Waals surface area contributed by atoms with E-state index in [4.69, 9.17) is 5.11 Å². The molecule has 3 heteroatoms. The molecule has 3 nitrogen and oxygen atoms in total. The fourth-order valence-corrected chi connectivity index (χ4v) is 1.63. The van der Waals surface area contributed by atoms with Gasteiger partial charge < -0.3 is 10.4 Å². The van der Waals surface area contributed by atoms with Crippen LogP contribution in [0.15, 0.2) is 11.3 Å². The van der Waals surface area contributed by atoms with E-state index in [1.807, 2.05) is 6.92 Å². The van der Waals surface area contributed by atoms with Gasteiger partial charge in [0.15, 0.2) is 0 Å². The van der Waals surface area contributed by atoms with Crippen molar-refractivity contribution in [2.24, 2.45) is 5.92 Å². The van der Waals surface area contributed by atoms with Crippen LogP contribution in [0.2, 0.25) is 0 Å². The van der Waals surface area contributed by atoms with Crippen LogP contribution in [-0.4, -0.2) is 17.6 Å². The first kappa shape index (κ1) is 9.10. The molecule has 0 spiro atoms. The lowest BCUT2D eigenvalue weighted by Gasteiger charge is -2.05. The summed E-state index contributed by atoms with van der Waals surface area (Å²) in [5.74, 6) is -0.504.